The highest BCUT2D eigenvalue weighted by Crippen LogP contribution is 2.13. The summed E-state index contributed by atoms with van der Waals surface area (Å²) >= 11 is 0. The van der Waals surface area contributed by atoms with Crippen molar-refractivity contribution >= 4 is 5.91 Å². The summed E-state index contributed by atoms with van der Waals surface area (Å²) in [6, 6.07) is 1.96. The monoisotopic (exact) mass is 202 g/mol. The summed E-state index contributed by atoms with van der Waals surface area (Å²) in [5.74, 6) is -0.511. The van der Waals surface area contributed by atoms with Crippen molar-refractivity contribution in [2.75, 3.05) is 0 Å². The summed E-state index contributed by atoms with van der Waals surface area (Å²) in [6.07, 6.45) is 6.35. The number of nitrogens with zero attached hydrogens (tertiary/aromatic N) is 1. The predicted octanol–water partition coefficient (Wildman–Crippen LogP) is 2.00. The first-order valence-corrected chi connectivity index (χ1v) is 4.47. The number of primary amides is 1. The average molecular weight is 202 g/mol. The molecule has 0 bridgehead atoms. The van der Waals surface area contributed by atoms with Crippen molar-refractivity contribution in [3.63, 3.8) is 0 Å². The minimum Gasteiger partial charge on any atom is -0.366 e. The minimum atomic E-state index is -0.511. The largest absolute Gasteiger partial charge is 0.366 e. The van der Waals surface area contributed by atoms with E-state index in [1.165, 1.54) is 6.08 Å². The smallest absolute Gasteiger partial charge is 0.248 e. The van der Waals surface area contributed by atoms with E-state index >= 15 is 0 Å². The molecule has 0 aliphatic rings. The van der Waals surface area contributed by atoms with Gasteiger partial charge in [0.15, 0.2) is 0 Å². The van der Waals surface area contributed by atoms with E-state index in [0.717, 1.165) is 0 Å². The fourth-order valence-corrected chi connectivity index (χ4v) is 1.07. The van der Waals surface area contributed by atoms with E-state index in [1.807, 2.05) is 6.07 Å². The number of rotatable bonds is 4. The number of carbonyl (C=O) groups excluding carboxylic acids is 1. The molecule has 0 aromatic heterocycles. The van der Waals surface area contributed by atoms with E-state index in [1.54, 1.807) is 32.1 Å². The van der Waals surface area contributed by atoms with Crippen molar-refractivity contribution in [3.8, 4) is 6.07 Å². The molecule has 0 unspecified atom stereocenters. The summed E-state index contributed by atoms with van der Waals surface area (Å²) in [7, 11) is 0. The van der Waals surface area contributed by atoms with Gasteiger partial charge in [0.1, 0.15) is 0 Å². The molecular weight excluding hydrogens is 188 g/mol. The molecule has 0 aliphatic heterocycles. The van der Waals surface area contributed by atoms with Gasteiger partial charge in [0, 0.05) is 5.57 Å². The molecule has 0 saturated heterocycles. The Morgan fingerprint density at radius 3 is 2.27 bits per heavy atom. The van der Waals surface area contributed by atoms with Crippen LogP contribution >= 0.6 is 0 Å². The Bertz CT molecular complexity index is 392. The zero-order valence-electron chi connectivity index (χ0n) is 8.95. The topological polar surface area (TPSA) is 66.9 Å². The highest BCUT2D eigenvalue weighted by Gasteiger charge is 2.07. The lowest BCUT2D eigenvalue weighted by Gasteiger charge is -2.03. The second-order valence-corrected chi connectivity index (χ2v) is 2.73. The van der Waals surface area contributed by atoms with Crippen LogP contribution in [-0.4, -0.2) is 5.91 Å². The zero-order valence-corrected chi connectivity index (χ0v) is 8.95. The van der Waals surface area contributed by atoms with Gasteiger partial charge in [0.05, 0.1) is 11.6 Å². The van der Waals surface area contributed by atoms with Crippen molar-refractivity contribution in [1.29, 1.82) is 5.26 Å². The van der Waals surface area contributed by atoms with E-state index < -0.39 is 5.91 Å². The highest BCUT2D eigenvalue weighted by atomic mass is 16.1. The van der Waals surface area contributed by atoms with Crippen LogP contribution in [-0.2, 0) is 4.79 Å². The number of nitriles is 1. The van der Waals surface area contributed by atoms with Crippen LogP contribution in [0.25, 0.3) is 0 Å². The lowest BCUT2D eigenvalue weighted by atomic mass is 10.0. The molecule has 1 amide bonds. The molecule has 0 atom stereocenters. The van der Waals surface area contributed by atoms with Crippen LogP contribution in [0.1, 0.15) is 13.8 Å². The third-order valence-corrected chi connectivity index (χ3v) is 1.84. The first-order chi connectivity index (χ1) is 7.10. The number of amides is 1. The molecule has 3 nitrogen and oxygen atoms in total. The van der Waals surface area contributed by atoms with Crippen LogP contribution in [0, 0.1) is 11.3 Å². The van der Waals surface area contributed by atoms with Gasteiger partial charge in [0.2, 0.25) is 5.91 Å². The number of allylic oxidation sites excluding steroid dienone is 5. The maximum absolute atomic E-state index is 11.1. The summed E-state index contributed by atoms with van der Waals surface area (Å²) in [5, 5.41) is 8.71. The molecule has 0 heterocycles. The van der Waals surface area contributed by atoms with Crippen molar-refractivity contribution < 1.29 is 4.79 Å². The van der Waals surface area contributed by atoms with Gasteiger partial charge in [-0.3, -0.25) is 4.79 Å². The molecule has 0 radical (unpaired) electrons. The van der Waals surface area contributed by atoms with E-state index in [-0.39, 0.29) is 0 Å². The normalized spacial score (nSPS) is 13.3. The number of carbonyl (C=O) groups is 1. The molecule has 0 aromatic rings. The lowest BCUT2D eigenvalue weighted by molar-refractivity contribution is -0.114. The maximum Gasteiger partial charge on any atom is 0.248 e. The van der Waals surface area contributed by atoms with E-state index in [0.29, 0.717) is 16.7 Å². The Kier molecular flexibility index (Phi) is 5.50. The molecule has 3 heteroatoms. The van der Waals surface area contributed by atoms with Gasteiger partial charge < -0.3 is 5.73 Å². The Morgan fingerprint density at radius 2 is 2.00 bits per heavy atom. The van der Waals surface area contributed by atoms with E-state index in [2.05, 4.69) is 6.58 Å². The van der Waals surface area contributed by atoms with E-state index in [4.69, 9.17) is 11.0 Å². The number of hydrogen-bond acceptors (Lipinski definition) is 2. The van der Waals surface area contributed by atoms with Crippen LogP contribution < -0.4 is 5.73 Å². The molecular formula is C12H14N2O. The first kappa shape index (κ1) is 12.9. The van der Waals surface area contributed by atoms with Crippen molar-refractivity contribution in [2.24, 2.45) is 5.73 Å². The quantitative estimate of drug-likeness (QED) is 0.430. The van der Waals surface area contributed by atoms with Gasteiger partial charge in [0.25, 0.3) is 0 Å². The van der Waals surface area contributed by atoms with Gasteiger partial charge in [-0.2, -0.15) is 5.26 Å². The molecule has 15 heavy (non-hydrogen) atoms. The van der Waals surface area contributed by atoms with Crippen LogP contribution in [0.3, 0.4) is 0 Å². The molecule has 0 aromatic carbocycles. The third kappa shape index (κ3) is 3.65. The fraction of sp³-hybridized carbons (Fsp3) is 0.167. The van der Waals surface area contributed by atoms with Crippen LogP contribution in [0.5, 0.6) is 0 Å². The van der Waals surface area contributed by atoms with Gasteiger partial charge in [-0.05, 0) is 25.5 Å². The molecule has 0 spiro atoms. The molecule has 0 rings (SSSR count). The highest BCUT2D eigenvalue weighted by molar-refractivity contribution is 5.97. The Hall–Kier alpha value is -2.08. The van der Waals surface area contributed by atoms with Gasteiger partial charge >= 0.3 is 0 Å². The Labute approximate surface area is 89.9 Å². The second-order valence-electron chi connectivity index (χ2n) is 2.73. The molecule has 2 N–H and O–H groups in total. The Morgan fingerprint density at radius 1 is 1.40 bits per heavy atom. The lowest BCUT2D eigenvalue weighted by Crippen LogP contribution is -2.14. The molecule has 78 valence electrons. The summed E-state index contributed by atoms with van der Waals surface area (Å²) in [4.78, 5) is 11.1. The zero-order chi connectivity index (χ0) is 11.8. The van der Waals surface area contributed by atoms with Crippen LogP contribution in [0.2, 0.25) is 0 Å². The van der Waals surface area contributed by atoms with Crippen molar-refractivity contribution in [1.82, 2.24) is 0 Å². The second kappa shape index (κ2) is 6.39. The van der Waals surface area contributed by atoms with Crippen molar-refractivity contribution in [3.05, 3.63) is 47.6 Å². The summed E-state index contributed by atoms with van der Waals surface area (Å²) in [6.45, 7) is 6.99. The standard InChI is InChI=1S/C12H14N2O/c1-4-9(8-13)7-10(5-2)11(6-3)12(14)15/h4-7H,1H2,2-3H3,(H2,14,15)/b9-7+,10-5+,11-6+. The van der Waals surface area contributed by atoms with Gasteiger partial charge in [-0.25, -0.2) is 0 Å². The number of nitrogens with two attached hydrogens (primary N) is 1. The minimum absolute atomic E-state index is 0.392. The molecule has 0 fully saturated rings. The predicted molar refractivity (Wildman–Crippen MR) is 60.6 cm³/mol. The summed E-state index contributed by atoms with van der Waals surface area (Å²) < 4.78 is 0. The Balaban J connectivity index is 5.31. The van der Waals surface area contributed by atoms with Crippen LogP contribution in [0.4, 0.5) is 0 Å². The molecule has 0 aliphatic carbocycles. The van der Waals surface area contributed by atoms with E-state index in [9.17, 15) is 4.79 Å². The maximum atomic E-state index is 11.1. The molecule has 0 saturated carbocycles. The average Bonchev–Trinajstić information content (AvgIpc) is 2.23. The van der Waals surface area contributed by atoms with Gasteiger partial charge in [-0.1, -0.05) is 24.8 Å². The fourth-order valence-electron chi connectivity index (χ4n) is 1.07. The SMILES string of the molecule is C=C\C(C#N)=C/C(=C\C)C(=C\C)/C(N)=O. The first-order valence-electron chi connectivity index (χ1n) is 4.47. The summed E-state index contributed by atoms with van der Waals surface area (Å²) in [5.41, 5.74) is 6.61. The number of hydrogen-bond donors (Lipinski definition) is 1. The van der Waals surface area contributed by atoms with Gasteiger partial charge in [-0.15, -0.1) is 0 Å². The van der Waals surface area contributed by atoms with Crippen LogP contribution in [0.15, 0.2) is 47.6 Å². The third-order valence-electron chi connectivity index (χ3n) is 1.84. The van der Waals surface area contributed by atoms with Crippen molar-refractivity contribution in [2.45, 2.75) is 13.8 Å².